The number of carbonyl (C=O) groups excluding carboxylic acids is 1. The lowest BCUT2D eigenvalue weighted by atomic mass is 10.2. The normalized spacial score (nSPS) is 12.1. The fraction of sp³-hybridized carbons (Fsp3) is 0. The third-order valence-electron chi connectivity index (χ3n) is 4.87. The van der Waals surface area contributed by atoms with Gasteiger partial charge in [-0.1, -0.05) is 35.9 Å². The van der Waals surface area contributed by atoms with Crippen LogP contribution in [0.4, 0.5) is 11.4 Å². The highest BCUT2D eigenvalue weighted by Crippen LogP contribution is 2.16. The molecule has 4 rings (SSSR count). The Morgan fingerprint density at radius 2 is 1.80 bits per heavy atom. The Hall–Kier alpha value is -4.52. The van der Waals surface area contributed by atoms with Gasteiger partial charge in [-0.3, -0.25) is 24.3 Å². The molecule has 172 valence electrons. The maximum absolute atomic E-state index is 13.4. The van der Waals surface area contributed by atoms with Crippen molar-refractivity contribution in [2.24, 2.45) is 0 Å². The minimum Gasteiger partial charge on any atom is -0.321 e. The number of rotatable bonds is 5. The van der Waals surface area contributed by atoms with Crippen LogP contribution in [0.25, 0.3) is 17.3 Å². The van der Waals surface area contributed by atoms with Crippen LogP contribution < -0.4 is 20.1 Å². The summed E-state index contributed by atoms with van der Waals surface area (Å²) < 4.78 is 1.70. The summed E-state index contributed by atoms with van der Waals surface area (Å²) in [4.78, 5) is 36.8. The summed E-state index contributed by atoms with van der Waals surface area (Å²) in [6, 6.07) is 22.8. The van der Waals surface area contributed by atoms with E-state index in [-0.39, 0.29) is 20.5 Å². The molecule has 4 aromatic rings. The average molecular weight is 503 g/mol. The Balaban J connectivity index is 1.92. The first-order chi connectivity index (χ1) is 16.9. The van der Waals surface area contributed by atoms with E-state index < -0.39 is 16.4 Å². The monoisotopic (exact) mass is 502 g/mol. The van der Waals surface area contributed by atoms with Gasteiger partial charge in [-0.15, -0.1) is 11.3 Å². The van der Waals surface area contributed by atoms with Gasteiger partial charge in [-0.2, -0.15) is 5.26 Å². The van der Waals surface area contributed by atoms with E-state index in [0.29, 0.717) is 22.0 Å². The van der Waals surface area contributed by atoms with E-state index in [4.69, 9.17) is 11.6 Å². The number of hydrogen-bond acceptors (Lipinski definition) is 6. The molecule has 0 saturated heterocycles. The van der Waals surface area contributed by atoms with E-state index in [9.17, 15) is 25.0 Å². The molecule has 0 atom stereocenters. The van der Waals surface area contributed by atoms with Crippen molar-refractivity contribution in [3.63, 3.8) is 0 Å². The molecule has 1 aromatic heterocycles. The predicted octanol–water partition coefficient (Wildman–Crippen LogP) is 3.60. The quantitative estimate of drug-likeness (QED) is 0.330. The molecule has 1 N–H and O–H groups in total. The minimum absolute atomic E-state index is 0.0755. The van der Waals surface area contributed by atoms with Crippen LogP contribution in [-0.4, -0.2) is 15.4 Å². The largest absolute Gasteiger partial charge is 0.321 e. The van der Waals surface area contributed by atoms with Crippen LogP contribution in [0.15, 0.2) is 83.7 Å². The first-order valence-corrected chi connectivity index (χ1v) is 11.3. The van der Waals surface area contributed by atoms with E-state index in [1.54, 1.807) is 60.7 Å². The molecule has 0 spiro atoms. The van der Waals surface area contributed by atoms with Crippen molar-refractivity contribution in [1.29, 1.82) is 5.26 Å². The van der Waals surface area contributed by atoms with E-state index >= 15 is 0 Å². The number of anilines is 1. The van der Waals surface area contributed by atoms with Crippen LogP contribution in [0, 0.1) is 21.4 Å². The number of nitriles is 1. The molecule has 0 fully saturated rings. The summed E-state index contributed by atoms with van der Waals surface area (Å²) >= 11 is 6.96. The first kappa shape index (κ1) is 23.6. The van der Waals surface area contributed by atoms with Gasteiger partial charge in [-0.25, -0.2) is 0 Å². The molecular formula is C25H15ClN4O4S. The first-order valence-electron chi connectivity index (χ1n) is 10.1. The number of para-hydroxylation sites is 1. The van der Waals surface area contributed by atoms with Crippen molar-refractivity contribution in [3.8, 4) is 11.8 Å². The zero-order valence-electron chi connectivity index (χ0n) is 17.8. The van der Waals surface area contributed by atoms with Gasteiger partial charge in [-0.05, 0) is 54.1 Å². The molecular weight excluding hydrogens is 488 g/mol. The molecule has 0 aliphatic heterocycles. The molecule has 35 heavy (non-hydrogen) atoms. The van der Waals surface area contributed by atoms with Crippen LogP contribution in [0.5, 0.6) is 0 Å². The molecule has 0 saturated carbocycles. The summed E-state index contributed by atoms with van der Waals surface area (Å²) in [5.41, 5.74) is 0.682. The minimum atomic E-state index is -0.692. The van der Waals surface area contributed by atoms with Crippen molar-refractivity contribution < 1.29 is 9.72 Å². The third-order valence-corrected chi connectivity index (χ3v) is 6.20. The Morgan fingerprint density at radius 1 is 1.09 bits per heavy atom. The van der Waals surface area contributed by atoms with Gasteiger partial charge in [0, 0.05) is 22.8 Å². The highest BCUT2D eigenvalue weighted by Gasteiger charge is 2.17. The van der Waals surface area contributed by atoms with Gasteiger partial charge < -0.3 is 5.32 Å². The zero-order chi connectivity index (χ0) is 24.9. The number of nitro benzene ring substituents is 1. The number of amides is 1. The number of aromatic nitrogens is 1. The van der Waals surface area contributed by atoms with Crippen LogP contribution in [-0.2, 0) is 4.79 Å². The molecule has 0 unspecified atom stereocenters. The highest BCUT2D eigenvalue weighted by molar-refractivity contribution is 7.07. The third kappa shape index (κ3) is 5.19. The van der Waals surface area contributed by atoms with Crippen LogP contribution in [0.1, 0.15) is 5.56 Å². The lowest BCUT2D eigenvalue weighted by Crippen LogP contribution is -2.32. The van der Waals surface area contributed by atoms with Crippen LogP contribution in [0.3, 0.4) is 0 Å². The Bertz CT molecular complexity index is 1650. The number of thiazole rings is 1. The SMILES string of the molecule is N#C/C(C(=O)Nc1cccc(Cl)c1)=c1/s/c(=C/c2ccc([N+](=O)[O-])cc2)c(=O)n1-c1ccccc1. The van der Waals surface area contributed by atoms with Crippen molar-refractivity contribution in [1.82, 2.24) is 4.57 Å². The van der Waals surface area contributed by atoms with E-state index in [0.717, 1.165) is 11.3 Å². The summed E-state index contributed by atoms with van der Waals surface area (Å²) in [5.74, 6) is -0.692. The number of benzene rings is 3. The number of nitro groups is 1. The van der Waals surface area contributed by atoms with Gasteiger partial charge in [0.05, 0.1) is 15.1 Å². The number of non-ortho nitro benzene ring substituents is 1. The second-order valence-corrected chi connectivity index (χ2v) is 8.66. The fourth-order valence-electron chi connectivity index (χ4n) is 3.26. The number of nitrogens with zero attached hydrogens (tertiary/aromatic N) is 3. The number of nitrogens with one attached hydrogen (secondary N) is 1. The molecule has 3 aromatic carbocycles. The molecule has 10 heteroatoms. The molecule has 0 aliphatic carbocycles. The van der Waals surface area contributed by atoms with Gasteiger partial charge in [0.2, 0.25) is 0 Å². The van der Waals surface area contributed by atoms with E-state index in [1.165, 1.54) is 28.8 Å². The Morgan fingerprint density at radius 3 is 2.43 bits per heavy atom. The molecule has 0 aliphatic rings. The number of hydrogen-bond donors (Lipinski definition) is 1. The molecule has 0 radical (unpaired) electrons. The standard InChI is InChI=1S/C25H15ClN4O4S/c26-17-5-4-6-18(14-17)28-23(31)21(15-27)25-29(19-7-2-1-3-8-19)24(32)22(35-25)13-16-9-11-20(12-10-16)30(33)34/h1-14H,(H,28,31)/b22-13+,25-21-. The number of halogens is 1. The molecule has 0 bridgehead atoms. The van der Waals surface area contributed by atoms with Crippen LogP contribution >= 0.6 is 22.9 Å². The molecule has 1 amide bonds. The van der Waals surface area contributed by atoms with Gasteiger partial charge in [0.25, 0.3) is 17.2 Å². The van der Waals surface area contributed by atoms with Crippen LogP contribution in [0.2, 0.25) is 5.02 Å². The second-order valence-electron chi connectivity index (χ2n) is 7.19. The molecule has 8 nitrogen and oxygen atoms in total. The van der Waals surface area contributed by atoms with Crippen molar-refractivity contribution in [2.75, 3.05) is 5.32 Å². The summed E-state index contributed by atoms with van der Waals surface area (Å²) in [6.45, 7) is 0. The van der Waals surface area contributed by atoms with Crippen molar-refractivity contribution >= 4 is 51.9 Å². The zero-order valence-corrected chi connectivity index (χ0v) is 19.4. The maximum atomic E-state index is 13.4. The topological polar surface area (TPSA) is 118 Å². The summed E-state index contributed by atoms with van der Waals surface area (Å²) in [7, 11) is 0. The maximum Gasteiger partial charge on any atom is 0.273 e. The van der Waals surface area contributed by atoms with Gasteiger partial charge in [0.15, 0.2) is 5.57 Å². The van der Waals surface area contributed by atoms with E-state index in [1.807, 2.05) is 6.07 Å². The average Bonchev–Trinajstić information content (AvgIpc) is 3.15. The van der Waals surface area contributed by atoms with Crippen molar-refractivity contribution in [2.45, 2.75) is 0 Å². The fourth-order valence-corrected chi connectivity index (χ4v) is 4.55. The van der Waals surface area contributed by atoms with Gasteiger partial charge in [0.1, 0.15) is 10.7 Å². The smallest absolute Gasteiger partial charge is 0.273 e. The lowest BCUT2D eigenvalue weighted by molar-refractivity contribution is -0.384. The summed E-state index contributed by atoms with van der Waals surface area (Å²) in [5, 5.41) is 23.8. The van der Waals surface area contributed by atoms with Crippen molar-refractivity contribution in [3.05, 3.63) is 119 Å². The number of carbonyl (C=O) groups is 1. The Kier molecular flexibility index (Phi) is 6.87. The van der Waals surface area contributed by atoms with E-state index in [2.05, 4.69) is 5.32 Å². The second kappa shape index (κ2) is 10.2. The summed E-state index contributed by atoms with van der Waals surface area (Å²) in [6.07, 6.45) is 1.56. The molecule has 1 heterocycles. The highest BCUT2D eigenvalue weighted by atomic mass is 35.5. The van der Waals surface area contributed by atoms with Gasteiger partial charge >= 0.3 is 0 Å². The Labute approximate surface area is 207 Å². The predicted molar refractivity (Wildman–Crippen MR) is 135 cm³/mol. The lowest BCUT2D eigenvalue weighted by Gasteiger charge is -2.06.